The van der Waals surface area contributed by atoms with E-state index < -0.39 is 5.97 Å². The smallest absolute Gasteiger partial charge is 0.303 e. The fourth-order valence-electron chi connectivity index (χ4n) is 1.77. The van der Waals surface area contributed by atoms with E-state index in [0.717, 1.165) is 0 Å². The minimum atomic E-state index is -0.898. The number of hydrogen-bond donors (Lipinski definition) is 2. The molecule has 2 N–H and O–H groups in total. The highest BCUT2D eigenvalue weighted by Gasteiger charge is 2.16. The lowest BCUT2D eigenvalue weighted by Crippen LogP contribution is -2.33. The van der Waals surface area contributed by atoms with Crippen LogP contribution < -0.4 is 14.8 Å². The molecule has 1 aromatic carbocycles. The molecule has 0 heterocycles. The Hall–Kier alpha value is -1.95. The molecule has 0 bridgehead atoms. The molecule has 7 heteroatoms. The summed E-state index contributed by atoms with van der Waals surface area (Å²) in [5.74, 6) is -0.538. The fourth-order valence-corrected chi connectivity index (χ4v) is 2.06. The van der Waals surface area contributed by atoms with E-state index in [1.165, 1.54) is 26.4 Å². The lowest BCUT2D eigenvalue weighted by Gasteiger charge is -2.15. The minimum absolute atomic E-state index is 0.00582. The van der Waals surface area contributed by atoms with Crippen molar-refractivity contribution in [1.29, 1.82) is 0 Å². The number of carbonyl (C=O) groups excluding carboxylic acids is 1. The maximum absolute atomic E-state index is 12.1. The van der Waals surface area contributed by atoms with E-state index in [9.17, 15) is 9.59 Å². The van der Waals surface area contributed by atoms with E-state index in [4.69, 9.17) is 26.2 Å². The number of carboxylic acids is 1. The van der Waals surface area contributed by atoms with Gasteiger partial charge in [-0.1, -0.05) is 11.6 Å². The van der Waals surface area contributed by atoms with Crippen LogP contribution in [-0.4, -0.2) is 37.2 Å². The van der Waals surface area contributed by atoms with Crippen LogP contribution in [0.5, 0.6) is 11.5 Å². The highest BCUT2D eigenvalue weighted by atomic mass is 35.5. The largest absolute Gasteiger partial charge is 0.493 e. The first-order valence-electron chi connectivity index (χ1n) is 6.33. The van der Waals surface area contributed by atoms with E-state index in [-0.39, 0.29) is 23.4 Å². The first kappa shape index (κ1) is 17.1. The van der Waals surface area contributed by atoms with Crippen LogP contribution >= 0.6 is 11.6 Å². The van der Waals surface area contributed by atoms with Crippen LogP contribution in [0.15, 0.2) is 12.1 Å². The number of benzene rings is 1. The Kier molecular flexibility index (Phi) is 6.30. The number of amides is 1. The molecule has 0 aliphatic carbocycles. The van der Waals surface area contributed by atoms with E-state index >= 15 is 0 Å². The van der Waals surface area contributed by atoms with Gasteiger partial charge in [0.15, 0.2) is 11.5 Å². The normalized spacial score (nSPS) is 11.6. The minimum Gasteiger partial charge on any atom is -0.493 e. The molecule has 0 radical (unpaired) electrons. The van der Waals surface area contributed by atoms with Crippen molar-refractivity contribution in [2.24, 2.45) is 0 Å². The lowest BCUT2D eigenvalue weighted by atomic mass is 10.1. The highest BCUT2D eigenvalue weighted by Crippen LogP contribution is 2.35. The molecule has 0 aromatic heterocycles. The van der Waals surface area contributed by atoms with Gasteiger partial charge < -0.3 is 19.9 Å². The predicted molar refractivity (Wildman–Crippen MR) is 78.4 cm³/mol. The van der Waals surface area contributed by atoms with Crippen molar-refractivity contribution in [3.8, 4) is 11.5 Å². The second kappa shape index (κ2) is 7.73. The van der Waals surface area contributed by atoms with Gasteiger partial charge in [-0.25, -0.2) is 0 Å². The van der Waals surface area contributed by atoms with Gasteiger partial charge in [0.05, 0.1) is 19.2 Å². The number of halogens is 1. The summed E-state index contributed by atoms with van der Waals surface area (Å²) in [6, 6.07) is 2.73. The Balaban J connectivity index is 2.83. The molecule has 0 saturated heterocycles. The van der Waals surface area contributed by atoms with Crippen molar-refractivity contribution < 1.29 is 24.2 Å². The summed E-state index contributed by atoms with van der Waals surface area (Å²) < 4.78 is 10.2. The molecule has 116 valence electrons. The van der Waals surface area contributed by atoms with E-state index in [0.29, 0.717) is 23.5 Å². The van der Waals surface area contributed by atoms with E-state index in [1.54, 1.807) is 6.92 Å². The predicted octanol–water partition coefficient (Wildman–Crippen LogP) is 2.34. The van der Waals surface area contributed by atoms with Gasteiger partial charge in [0.1, 0.15) is 0 Å². The van der Waals surface area contributed by atoms with Gasteiger partial charge in [0, 0.05) is 18.0 Å². The average molecular weight is 316 g/mol. The molecule has 1 rings (SSSR count). The molecular formula is C14H18ClNO5. The van der Waals surface area contributed by atoms with Crippen molar-refractivity contribution in [3.63, 3.8) is 0 Å². The van der Waals surface area contributed by atoms with Crippen LogP contribution in [0.25, 0.3) is 0 Å². The molecule has 0 aliphatic rings. The number of carbonyl (C=O) groups is 2. The number of methoxy groups -OCH3 is 2. The van der Waals surface area contributed by atoms with Gasteiger partial charge in [0.25, 0.3) is 5.91 Å². The van der Waals surface area contributed by atoms with Crippen LogP contribution in [0.2, 0.25) is 5.02 Å². The quantitative estimate of drug-likeness (QED) is 0.806. The Labute approximate surface area is 128 Å². The average Bonchev–Trinajstić information content (AvgIpc) is 2.43. The zero-order valence-corrected chi connectivity index (χ0v) is 12.9. The van der Waals surface area contributed by atoms with Gasteiger partial charge in [-0.15, -0.1) is 0 Å². The summed E-state index contributed by atoms with van der Waals surface area (Å²) in [5.41, 5.74) is 0.319. The summed E-state index contributed by atoms with van der Waals surface area (Å²) in [7, 11) is 2.91. The summed E-state index contributed by atoms with van der Waals surface area (Å²) in [6.07, 6.45) is 0.343. The van der Waals surface area contributed by atoms with Gasteiger partial charge in [-0.3, -0.25) is 9.59 Å². The second-order valence-corrected chi connectivity index (χ2v) is 4.91. The topological polar surface area (TPSA) is 84.9 Å². The molecule has 21 heavy (non-hydrogen) atoms. The van der Waals surface area contributed by atoms with Crippen LogP contribution in [0, 0.1) is 0 Å². The number of ether oxygens (including phenoxy) is 2. The van der Waals surface area contributed by atoms with Crippen molar-refractivity contribution in [1.82, 2.24) is 5.32 Å². The molecule has 6 nitrogen and oxygen atoms in total. The number of rotatable bonds is 7. The molecule has 0 fully saturated rings. The monoisotopic (exact) mass is 315 g/mol. The van der Waals surface area contributed by atoms with Crippen molar-refractivity contribution in [2.45, 2.75) is 25.8 Å². The molecule has 0 aliphatic heterocycles. The Morgan fingerprint density at radius 1 is 1.33 bits per heavy atom. The number of carboxylic acid groups (broad SMARTS) is 1. The van der Waals surface area contributed by atoms with Crippen LogP contribution in [0.3, 0.4) is 0 Å². The fraction of sp³-hybridized carbons (Fsp3) is 0.429. The third kappa shape index (κ3) is 4.82. The molecular weight excluding hydrogens is 298 g/mol. The zero-order chi connectivity index (χ0) is 16.0. The zero-order valence-electron chi connectivity index (χ0n) is 12.1. The summed E-state index contributed by atoms with van der Waals surface area (Å²) in [4.78, 5) is 22.6. The van der Waals surface area contributed by atoms with Gasteiger partial charge in [-0.05, 0) is 25.5 Å². The Morgan fingerprint density at radius 2 is 2.00 bits per heavy atom. The Morgan fingerprint density at radius 3 is 2.52 bits per heavy atom. The number of hydrogen-bond acceptors (Lipinski definition) is 4. The highest BCUT2D eigenvalue weighted by molar-refractivity contribution is 6.32. The van der Waals surface area contributed by atoms with Crippen molar-refractivity contribution >= 4 is 23.5 Å². The summed E-state index contributed by atoms with van der Waals surface area (Å²) >= 11 is 6.03. The van der Waals surface area contributed by atoms with E-state index in [2.05, 4.69) is 5.32 Å². The lowest BCUT2D eigenvalue weighted by molar-refractivity contribution is -0.137. The SMILES string of the molecule is COc1cc(C(=O)NC(C)CCC(=O)O)cc(Cl)c1OC. The van der Waals surface area contributed by atoms with Crippen LogP contribution in [0.1, 0.15) is 30.1 Å². The maximum Gasteiger partial charge on any atom is 0.303 e. The Bertz CT molecular complexity index is 532. The van der Waals surface area contributed by atoms with E-state index in [1.807, 2.05) is 0 Å². The van der Waals surface area contributed by atoms with Gasteiger partial charge >= 0.3 is 5.97 Å². The van der Waals surface area contributed by atoms with Crippen LogP contribution in [-0.2, 0) is 4.79 Å². The maximum atomic E-state index is 12.1. The molecule has 1 amide bonds. The third-order valence-electron chi connectivity index (χ3n) is 2.86. The standard InChI is InChI=1S/C14H18ClNO5/c1-8(4-5-12(17)18)16-14(19)9-6-10(15)13(21-3)11(7-9)20-2/h6-8H,4-5H2,1-3H3,(H,16,19)(H,17,18). The van der Waals surface area contributed by atoms with Crippen molar-refractivity contribution in [2.75, 3.05) is 14.2 Å². The van der Waals surface area contributed by atoms with Gasteiger partial charge in [-0.2, -0.15) is 0 Å². The molecule has 1 atom stereocenters. The van der Waals surface area contributed by atoms with Crippen LogP contribution in [0.4, 0.5) is 0 Å². The third-order valence-corrected chi connectivity index (χ3v) is 3.15. The number of nitrogens with one attached hydrogen (secondary N) is 1. The number of aliphatic carboxylic acids is 1. The molecule has 0 spiro atoms. The first-order valence-corrected chi connectivity index (χ1v) is 6.71. The molecule has 1 aromatic rings. The first-order chi connectivity index (χ1) is 9.88. The van der Waals surface area contributed by atoms with Gasteiger partial charge in [0.2, 0.25) is 0 Å². The van der Waals surface area contributed by atoms with Crippen molar-refractivity contribution in [3.05, 3.63) is 22.7 Å². The summed E-state index contributed by atoms with van der Waals surface area (Å²) in [6.45, 7) is 1.74. The second-order valence-electron chi connectivity index (χ2n) is 4.50. The molecule has 0 saturated carbocycles. The summed E-state index contributed by atoms with van der Waals surface area (Å²) in [5, 5.41) is 11.6. The molecule has 1 unspecified atom stereocenters.